The summed E-state index contributed by atoms with van der Waals surface area (Å²) in [6, 6.07) is 0. The standard InChI is InChI=1S/C51H100O4/c1-3-5-7-9-11-13-15-17-19-21-23-24-25-26-27-28-29-30-32-34-36-38-40-42-44-46-51(53)55-50(48-52)49-54-47-45-43-41-39-37-35-33-31-22-20-18-16-14-12-10-8-6-4-2/h21,23,50,52H,3-20,22,24-49H2,1-2H3/b23-21-. The molecule has 0 rings (SSSR count). The van der Waals surface area contributed by atoms with E-state index in [1.54, 1.807) is 0 Å². The van der Waals surface area contributed by atoms with Gasteiger partial charge in [-0.15, -0.1) is 0 Å². The van der Waals surface area contributed by atoms with Crippen molar-refractivity contribution in [3.8, 4) is 0 Å². The Labute approximate surface area is 345 Å². The zero-order chi connectivity index (χ0) is 39.8. The number of hydrogen-bond acceptors (Lipinski definition) is 4. The van der Waals surface area contributed by atoms with E-state index in [1.807, 2.05) is 0 Å². The Morgan fingerprint density at radius 2 is 0.709 bits per heavy atom. The Morgan fingerprint density at radius 3 is 1.04 bits per heavy atom. The number of hydrogen-bond donors (Lipinski definition) is 1. The minimum Gasteiger partial charge on any atom is -0.457 e. The molecule has 0 aromatic carbocycles. The normalized spacial score (nSPS) is 12.3. The van der Waals surface area contributed by atoms with Crippen LogP contribution in [0.5, 0.6) is 0 Å². The summed E-state index contributed by atoms with van der Waals surface area (Å²) in [5, 5.41) is 9.64. The molecule has 0 fully saturated rings. The van der Waals surface area contributed by atoms with Crippen LogP contribution in [-0.2, 0) is 14.3 Å². The zero-order valence-electron chi connectivity index (χ0n) is 37.7. The number of rotatable bonds is 48. The van der Waals surface area contributed by atoms with Crippen molar-refractivity contribution in [3.63, 3.8) is 0 Å². The Kier molecular flexibility index (Phi) is 48.5. The molecule has 4 heteroatoms. The molecule has 0 aliphatic heterocycles. The van der Waals surface area contributed by atoms with Crippen molar-refractivity contribution in [1.29, 1.82) is 0 Å². The molecule has 0 bridgehead atoms. The van der Waals surface area contributed by atoms with Gasteiger partial charge in [0.2, 0.25) is 0 Å². The Hall–Kier alpha value is -0.870. The van der Waals surface area contributed by atoms with Crippen LogP contribution < -0.4 is 0 Å². The average Bonchev–Trinajstić information content (AvgIpc) is 3.19. The molecule has 0 saturated carbocycles. The van der Waals surface area contributed by atoms with Crippen molar-refractivity contribution in [2.75, 3.05) is 19.8 Å². The molecular weight excluding hydrogens is 677 g/mol. The van der Waals surface area contributed by atoms with Gasteiger partial charge in [-0.2, -0.15) is 0 Å². The van der Waals surface area contributed by atoms with E-state index in [0.29, 0.717) is 19.6 Å². The third-order valence-electron chi connectivity index (χ3n) is 11.6. The summed E-state index contributed by atoms with van der Waals surface area (Å²) in [5.74, 6) is -0.193. The Bertz CT molecular complexity index is 736. The highest BCUT2D eigenvalue weighted by atomic mass is 16.6. The third-order valence-corrected chi connectivity index (χ3v) is 11.6. The van der Waals surface area contributed by atoms with Crippen LogP contribution in [-0.4, -0.2) is 37.0 Å². The van der Waals surface area contributed by atoms with E-state index in [4.69, 9.17) is 9.47 Å². The van der Waals surface area contributed by atoms with Crippen molar-refractivity contribution in [1.82, 2.24) is 0 Å². The van der Waals surface area contributed by atoms with Gasteiger partial charge in [-0.3, -0.25) is 4.79 Å². The molecule has 55 heavy (non-hydrogen) atoms. The number of unbranched alkanes of at least 4 members (excludes halogenated alkanes) is 38. The molecule has 0 aromatic heterocycles. The molecule has 0 aliphatic carbocycles. The molecule has 0 radical (unpaired) electrons. The number of ether oxygens (including phenoxy) is 2. The first-order chi connectivity index (χ1) is 27.2. The molecule has 0 amide bonds. The van der Waals surface area contributed by atoms with Crippen molar-refractivity contribution >= 4 is 5.97 Å². The van der Waals surface area contributed by atoms with Gasteiger partial charge in [-0.25, -0.2) is 0 Å². The van der Waals surface area contributed by atoms with Gasteiger partial charge >= 0.3 is 5.97 Å². The predicted molar refractivity (Wildman–Crippen MR) is 242 cm³/mol. The van der Waals surface area contributed by atoms with E-state index in [1.165, 1.54) is 244 Å². The third kappa shape index (κ3) is 47.4. The molecule has 0 aliphatic rings. The van der Waals surface area contributed by atoms with Gasteiger partial charge in [0.15, 0.2) is 0 Å². The fraction of sp³-hybridized carbons (Fsp3) is 0.941. The number of aliphatic hydroxyl groups is 1. The minimum absolute atomic E-state index is 0.165. The number of allylic oxidation sites excluding steroid dienone is 2. The second kappa shape index (κ2) is 49.3. The van der Waals surface area contributed by atoms with E-state index in [-0.39, 0.29) is 12.6 Å². The van der Waals surface area contributed by atoms with Crippen LogP contribution in [0, 0.1) is 0 Å². The number of carbonyl (C=O) groups is 1. The van der Waals surface area contributed by atoms with E-state index in [2.05, 4.69) is 26.0 Å². The quantitative estimate of drug-likeness (QED) is 0.0380. The molecular formula is C51H100O4. The average molecular weight is 777 g/mol. The van der Waals surface area contributed by atoms with Gasteiger partial charge in [-0.1, -0.05) is 251 Å². The smallest absolute Gasteiger partial charge is 0.306 e. The monoisotopic (exact) mass is 777 g/mol. The number of esters is 1. The lowest BCUT2D eigenvalue weighted by atomic mass is 10.0. The van der Waals surface area contributed by atoms with Crippen LogP contribution in [0.3, 0.4) is 0 Å². The summed E-state index contributed by atoms with van der Waals surface area (Å²) in [4.78, 5) is 12.3. The predicted octanol–water partition coefficient (Wildman–Crippen LogP) is 16.9. The van der Waals surface area contributed by atoms with E-state index < -0.39 is 6.10 Å². The van der Waals surface area contributed by atoms with Gasteiger partial charge < -0.3 is 14.6 Å². The molecule has 328 valence electrons. The summed E-state index contributed by atoms with van der Waals surface area (Å²) >= 11 is 0. The SMILES string of the molecule is CCCCCCCCCC/C=C\CCCCCCCCCCCCCCCC(=O)OC(CO)COCCCCCCCCCCCCCCCCCCCC. The fourth-order valence-corrected chi connectivity index (χ4v) is 7.80. The highest BCUT2D eigenvalue weighted by Crippen LogP contribution is 2.16. The maximum Gasteiger partial charge on any atom is 0.306 e. The van der Waals surface area contributed by atoms with Gasteiger partial charge in [-0.05, 0) is 38.5 Å². The van der Waals surface area contributed by atoms with Gasteiger partial charge in [0.1, 0.15) is 6.10 Å². The molecule has 0 spiro atoms. The van der Waals surface area contributed by atoms with E-state index in [9.17, 15) is 9.90 Å². The minimum atomic E-state index is -0.528. The first-order valence-corrected chi connectivity index (χ1v) is 25.3. The fourth-order valence-electron chi connectivity index (χ4n) is 7.80. The topological polar surface area (TPSA) is 55.8 Å². The van der Waals surface area contributed by atoms with Crippen molar-refractivity contribution in [3.05, 3.63) is 12.2 Å². The molecule has 1 N–H and O–H groups in total. The van der Waals surface area contributed by atoms with E-state index in [0.717, 1.165) is 19.3 Å². The van der Waals surface area contributed by atoms with Crippen LogP contribution in [0.2, 0.25) is 0 Å². The first-order valence-electron chi connectivity index (χ1n) is 25.3. The molecule has 1 unspecified atom stereocenters. The molecule has 0 saturated heterocycles. The first kappa shape index (κ1) is 54.1. The van der Waals surface area contributed by atoms with Crippen molar-refractivity contribution < 1.29 is 19.4 Å². The highest BCUT2D eigenvalue weighted by molar-refractivity contribution is 5.69. The Morgan fingerprint density at radius 1 is 0.418 bits per heavy atom. The molecule has 0 heterocycles. The summed E-state index contributed by atoms with van der Waals surface area (Å²) in [6.07, 6.45) is 60.2. The number of aliphatic hydroxyl groups excluding tert-OH is 1. The molecule has 4 nitrogen and oxygen atoms in total. The summed E-state index contributed by atoms with van der Waals surface area (Å²) in [7, 11) is 0. The summed E-state index contributed by atoms with van der Waals surface area (Å²) in [5.41, 5.74) is 0. The maximum absolute atomic E-state index is 12.3. The van der Waals surface area contributed by atoms with Crippen LogP contribution in [0.1, 0.15) is 284 Å². The second-order valence-corrected chi connectivity index (χ2v) is 17.2. The van der Waals surface area contributed by atoms with Crippen LogP contribution >= 0.6 is 0 Å². The lowest BCUT2D eigenvalue weighted by Gasteiger charge is -2.16. The van der Waals surface area contributed by atoms with Gasteiger partial charge in [0, 0.05) is 13.0 Å². The van der Waals surface area contributed by atoms with Crippen molar-refractivity contribution in [2.45, 2.75) is 290 Å². The molecule has 0 aromatic rings. The van der Waals surface area contributed by atoms with E-state index >= 15 is 0 Å². The second-order valence-electron chi connectivity index (χ2n) is 17.2. The largest absolute Gasteiger partial charge is 0.457 e. The summed E-state index contributed by atoms with van der Waals surface area (Å²) < 4.78 is 11.2. The van der Waals surface area contributed by atoms with Crippen LogP contribution in [0.4, 0.5) is 0 Å². The Balaban J connectivity index is 3.35. The van der Waals surface area contributed by atoms with Gasteiger partial charge in [0.25, 0.3) is 0 Å². The maximum atomic E-state index is 12.3. The number of carbonyl (C=O) groups excluding carboxylic acids is 1. The highest BCUT2D eigenvalue weighted by Gasteiger charge is 2.13. The molecule has 1 atom stereocenters. The lowest BCUT2D eigenvalue weighted by molar-refractivity contribution is -0.154. The lowest BCUT2D eigenvalue weighted by Crippen LogP contribution is -2.27. The van der Waals surface area contributed by atoms with Crippen LogP contribution in [0.15, 0.2) is 12.2 Å². The van der Waals surface area contributed by atoms with Crippen LogP contribution in [0.25, 0.3) is 0 Å². The zero-order valence-corrected chi connectivity index (χ0v) is 37.7. The van der Waals surface area contributed by atoms with Gasteiger partial charge in [0.05, 0.1) is 13.2 Å². The van der Waals surface area contributed by atoms with Crippen molar-refractivity contribution in [2.24, 2.45) is 0 Å². The summed E-state index contributed by atoms with van der Waals surface area (Å²) in [6.45, 7) is 5.41.